The van der Waals surface area contributed by atoms with Gasteiger partial charge in [-0.05, 0) is 36.6 Å². The minimum atomic E-state index is -0.394. The van der Waals surface area contributed by atoms with Gasteiger partial charge in [0.25, 0.3) is 11.5 Å². The zero-order chi connectivity index (χ0) is 19.0. The Morgan fingerprint density at radius 1 is 1.15 bits per heavy atom. The Labute approximate surface area is 167 Å². The van der Waals surface area contributed by atoms with Crippen LogP contribution >= 0.6 is 27.3 Å². The number of nitrogens with one attached hydrogen (secondary N) is 2. The lowest BCUT2D eigenvalue weighted by Crippen LogP contribution is -2.18. The van der Waals surface area contributed by atoms with E-state index >= 15 is 0 Å². The maximum absolute atomic E-state index is 12.6. The van der Waals surface area contributed by atoms with Gasteiger partial charge < -0.3 is 4.98 Å². The number of H-pyrrole nitrogens is 1. The molecule has 2 heterocycles. The van der Waals surface area contributed by atoms with Gasteiger partial charge in [-0.2, -0.15) is 0 Å². The summed E-state index contributed by atoms with van der Waals surface area (Å²) in [6.07, 6.45) is 0. The van der Waals surface area contributed by atoms with Gasteiger partial charge in [0.2, 0.25) is 0 Å². The summed E-state index contributed by atoms with van der Waals surface area (Å²) >= 11 is 4.82. The first kappa shape index (κ1) is 17.6. The number of rotatable bonds is 3. The molecule has 0 bridgehead atoms. The van der Waals surface area contributed by atoms with E-state index in [1.165, 1.54) is 11.3 Å². The minimum absolute atomic E-state index is 0.205. The monoisotopic (exact) mass is 439 g/mol. The fourth-order valence-electron chi connectivity index (χ4n) is 2.82. The van der Waals surface area contributed by atoms with Crippen LogP contribution in [0.1, 0.15) is 15.4 Å². The highest BCUT2D eigenvalue weighted by molar-refractivity contribution is 9.10. The number of carbonyl (C=O) groups is 1. The van der Waals surface area contributed by atoms with Gasteiger partial charge in [-0.15, -0.1) is 11.3 Å². The molecule has 4 rings (SSSR count). The van der Waals surface area contributed by atoms with Crippen LogP contribution in [0.25, 0.3) is 22.0 Å². The molecule has 0 atom stereocenters. The summed E-state index contributed by atoms with van der Waals surface area (Å²) in [5.74, 6) is -0.394. The van der Waals surface area contributed by atoms with Gasteiger partial charge in [0.15, 0.2) is 5.13 Å². The third kappa shape index (κ3) is 3.56. The topological polar surface area (TPSA) is 74.8 Å². The first-order valence-corrected chi connectivity index (χ1v) is 9.79. The number of carbonyl (C=O) groups excluding carboxylic acids is 1. The fraction of sp³-hybridized carbons (Fsp3) is 0.0500. The van der Waals surface area contributed by atoms with Gasteiger partial charge in [-0.1, -0.05) is 46.3 Å². The normalized spacial score (nSPS) is 10.9. The Bertz CT molecular complexity index is 1210. The number of hydrogen-bond donors (Lipinski definition) is 2. The number of aromatic amines is 1. The van der Waals surface area contributed by atoms with Gasteiger partial charge in [0, 0.05) is 20.3 Å². The molecular weight excluding hydrogens is 426 g/mol. The number of amides is 1. The van der Waals surface area contributed by atoms with E-state index in [0.717, 1.165) is 26.0 Å². The van der Waals surface area contributed by atoms with Crippen molar-refractivity contribution in [3.63, 3.8) is 0 Å². The maximum atomic E-state index is 12.6. The number of aryl methyl sites for hydroxylation is 1. The molecular formula is C20H14BrN3O2S. The van der Waals surface area contributed by atoms with Gasteiger partial charge in [0.05, 0.1) is 5.69 Å². The summed E-state index contributed by atoms with van der Waals surface area (Å²) in [6, 6.07) is 16.7. The van der Waals surface area contributed by atoms with Crippen molar-refractivity contribution in [3.05, 3.63) is 80.0 Å². The van der Waals surface area contributed by atoms with Gasteiger partial charge >= 0.3 is 0 Å². The van der Waals surface area contributed by atoms with Crippen molar-refractivity contribution in [2.75, 3.05) is 5.32 Å². The van der Waals surface area contributed by atoms with Crippen LogP contribution in [0.4, 0.5) is 5.13 Å². The highest BCUT2D eigenvalue weighted by atomic mass is 79.9. The number of nitrogens with zero attached hydrogens (tertiary/aromatic N) is 1. The Morgan fingerprint density at radius 3 is 2.67 bits per heavy atom. The van der Waals surface area contributed by atoms with Crippen LogP contribution in [-0.4, -0.2) is 15.9 Å². The van der Waals surface area contributed by atoms with E-state index in [4.69, 9.17) is 0 Å². The molecule has 0 aliphatic carbocycles. The van der Waals surface area contributed by atoms with E-state index in [1.807, 2.05) is 37.3 Å². The predicted molar refractivity (Wildman–Crippen MR) is 113 cm³/mol. The Kier molecular flexibility index (Phi) is 4.63. The smallest absolute Gasteiger partial charge is 0.273 e. The number of anilines is 1. The van der Waals surface area contributed by atoms with Gasteiger partial charge in [-0.25, -0.2) is 4.98 Å². The van der Waals surface area contributed by atoms with E-state index in [1.54, 1.807) is 24.3 Å². The number of hydrogen-bond acceptors (Lipinski definition) is 4. The molecule has 134 valence electrons. The standard InChI is InChI=1S/C20H14BrN3O2S/c1-11-17(12-6-8-14(21)9-7-12)23-20(27-11)24-19(26)16-10-13-4-2-3-5-15(13)18(25)22-16/h2-10H,1H3,(H,22,25)(H,23,24,26). The molecule has 0 saturated carbocycles. The molecule has 0 spiro atoms. The van der Waals surface area contributed by atoms with Crippen LogP contribution in [0.3, 0.4) is 0 Å². The van der Waals surface area contributed by atoms with E-state index in [-0.39, 0.29) is 11.3 Å². The third-order valence-corrected chi connectivity index (χ3v) is 5.55. The van der Waals surface area contributed by atoms with Crippen LogP contribution in [0.5, 0.6) is 0 Å². The SMILES string of the molecule is Cc1sc(NC(=O)c2cc3ccccc3c(=O)[nH]2)nc1-c1ccc(Br)cc1. The second kappa shape index (κ2) is 7.09. The van der Waals surface area contributed by atoms with E-state index in [2.05, 4.69) is 31.2 Å². The zero-order valence-corrected chi connectivity index (χ0v) is 16.6. The maximum Gasteiger partial charge on any atom is 0.273 e. The highest BCUT2D eigenvalue weighted by Crippen LogP contribution is 2.31. The number of aromatic nitrogens is 2. The fourth-order valence-corrected chi connectivity index (χ4v) is 3.92. The molecule has 1 amide bonds. The molecule has 0 radical (unpaired) electrons. The Hall–Kier alpha value is -2.77. The Balaban J connectivity index is 1.63. The zero-order valence-electron chi connectivity index (χ0n) is 14.2. The van der Waals surface area contributed by atoms with E-state index < -0.39 is 5.91 Å². The van der Waals surface area contributed by atoms with E-state index in [0.29, 0.717) is 10.5 Å². The van der Waals surface area contributed by atoms with Crippen molar-refractivity contribution in [2.24, 2.45) is 0 Å². The summed E-state index contributed by atoms with van der Waals surface area (Å²) in [5.41, 5.74) is 1.72. The average Bonchev–Trinajstić information content (AvgIpc) is 3.02. The molecule has 27 heavy (non-hydrogen) atoms. The number of halogens is 1. The second-order valence-corrected chi connectivity index (χ2v) is 8.10. The third-order valence-electron chi connectivity index (χ3n) is 4.13. The van der Waals surface area contributed by atoms with Crippen LogP contribution in [0.15, 0.2) is 63.9 Å². The molecule has 0 fully saturated rings. The van der Waals surface area contributed by atoms with Gasteiger partial charge in [0.1, 0.15) is 5.69 Å². The van der Waals surface area contributed by atoms with Crippen molar-refractivity contribution in [2.45, 2.75) is 6.92 Å². The number of pyridine rings is 1. The van der Waals surface area contributed by atoms with Crippen molar-refractivity contribution < 1.29 is 4.79 Å². The molecule has 2 aromatic heterocycles. The summed E-state index contributed by atoms with van der Waals surface area (Å²) in [5, 5.41) is 4.54. The van der Waals surface area contributed by atoms with E-state index in [9.17, 15) is 9.59 Å². The minimum Gasteiger partial charge on any atom is -0.317 e. The Morgan fingerprint density at radius 2 is 1.89 bits per heavy atom. The molecule has 0 saturated heterocycles. The average molecular weight is 440 g/mol. The lowest BCUT2D eigenvalue weighted by molar-refractivity contribution is 0.102. The van der Waals surface area contributed by atoms with Crippen molar-refractivity contribution in [1.82, 2.24) is 9.97 Å². The van der Waals surface area contributed by atoms with Crippen molar-refractivity contribution in [3.8, 4) is 11.3 Å². The van der Waals surface area contributed by atoms with Crippen LogP contribution in [0, 0.1) is 6.92 Å². The first-order chi connectivity index (χ1) is 13.0. The van der Waals surface area contributed by atoms with Crippen LogP contribution in [0.2, 0.25) is 0 Å². The number of fused-ring (bicyclic) bond motifs is 1. The predicted octanol–water partition coefficient (Wildman–Crippen LogP) is 4.97. The number of benzene rings is 2. The molecule has 7 heteroatoms. The molecule has 0 aliphatic heterocycles. The number of thiazole rings is 1. The lowest BCUT2D eigenvalue weighted by Gasteiger charge is -2.03. The van der Waals surface area contributed by atoms with Crippen LogP contribution in [-0.2, 0) is 0 Å². The molecule has 0 unspecified atom stereocenters. The molecule has 4 aromatic rings. The summed E-state index contributed by atoms with van der Waals surface area (Å²) in [6.45, 7) is 1.96. The summed E-state index contributed by atoms with van der Waals surface area (Å²) in [4.78, 5) is 32.9. The van der Waals surface area contributed by atoms with Crippen LogP contribution < -0.4 is 10.9 Å². The van der Waals surface area contributed by atoms with Crippen molar-refractivity contribution >= 4 is 49.1 Å². The quantitative estimate of drug-likeness (QED) is 0.472. The second-order valence-electron chi connectivity index (χ2n) is 5.98. The molecule has 2 N–H and O–H groups in total. The molecule has 0 aliphatic rings. The molecule has 5 nitrogen and oxygen atoms in total. The highest BCUT2D eigenvalue weighted by Gasteiger charge is 2.14. The first-order valence-electron chi connectivity index (χ1n) is 8.18. The summed E-state index contributed by atoms with van der Waals surface area (Å²) in [7, 11) is 0. The van der Waals surface area contributed by atoms with Gasteiger partial charge in [-0.3, -0.25) is 14.9 Å². The lowest BCUT2D eigenvalue weighted by atomic mass is 10.1. The largest absolute Gasteiger partial charge is 0.317 e. The summed E-state index contributed by atoms with van der Waals surface area (Å²) < 4.78 is 0.993. The van der Waals surface area contributed by atoms with Crippen molar-refractivity contribution in [1.29, 1.82) is 0 Å². The molecule has 2 aromatic carbocycles.